The second kappa shape index (κ2) is 11.6. The standard InChI is InChI=1S/C18H37NO/c1-4-7-10-16(6-3)14-20-15-18(19-13-5-2)17-11-8-9-12-17/h16-19H,4-15H2,1-3H3. The summed E-state index contributed by atoms with van der Waals surface area (Å²) >= 11 is 0. The van der Waals surface area contributed by atoms with Gasteiger partial charge in [0.05, 0.1) is 6.61 Å². The molecule has 0 aromatic heterocycles. The van der Waals surface area contributed by atoms with Crippen LogP contribution in [0.25, 0.3) is 0 Å². The Labute approximate surface area is 127 Å². The summed E-state index contributed by atoms with van der Waals surface area (Å²) in [6.07, 6.45) is 12.1. The average molecular weight is 284 g/mol. The Bertz CT molecular complexity index is 213. The zero-order valence-electron chi connectivity index (χ0n) is 14.1. The Morgan fingerprint density at radius 1 is 1.05 bits per heavy atom. The number of hydrogen-bond acceptors (Lipinski definition) is 2. The number of unbranched alkanes of at least 4 members (excludes halogenated alkanes) is 1. The fourth-order valence-corrected chi connectivity index (χ4v) is 3.31. The molecule has 0 bridgehead atoms. The second-order valence-corrected chi connectivity index (χ2v) is 6.56. The predicted octanol–water partition coefficient (Wildman–Crippen LogP) is 4.78. The molecule has 2 atom stereocenters. The highest BCUT2D eigenvalue weighted by Gasteiger charge is 2.24. The molecule has 1 aliphatic rings. The van der Waals surface area contributed by atoms with E-state index in [0.717, 1.165) is 31.6 Å². The van der Waals surface area contributed by atoms with Crippen molar-refractivity contribution in [3.8, 4) is 0 Å². The number of nitrogens with one attached hydrogen (secondary N) is 1. The van der Waals surface area contributed by atoms with Crippen molar-refractivity contribution in [2.24, 2.45) is 11.8 Å². The van der Waals surface area contributed by atoms with Gasteiger partial charge in [-0.25, -0.2) is 0 Å². The van der Waals surface area contributed by atoms with Crippen molar-refractivity contribution in [3.05, 3.63) is 0 Å². The van der Waals surface area contributed by atoms with Gasteiger partial charge in [0, 0.05) is 12.6 Å². The van der Waals surface area contributed by atoms with E-state index in [0.29, 0.717) is 6.04 Å². The van der Waals surface area contributed by atoms with Crippen LogP contribution < -0.4 is 5.32 Å². The minimum atomic E-state index is 0.598. The van der Waals surface area contributed by atoms with Crippen molar-refractivity contribution in [1.29, 1.82) is 0 Å². The minimum absolute atomic E-state index is 0.598. The smallest absolute Gasteiger partial charge is 0.0622 e. The molecule has 0 aromatic carbocycles. The number of rotatable bonds is 12. The van der Waals surface area contributed by atoms with Crippen molar-refractivity contribution in [2.75, 3.05) is 19.8 Å². The van der Waals surface area contributed by atoms with E-state index in [4.69, 9.17) is 4.74 Å². The van der Waals surface area contributed by atoms with E-state index in [9.17, 15) is 0 Å². The molecule has 1 N–H and O–H groups in total. The molecule has 20 heavy (non-hydrogen) atoms. The van der Waals surface area contributed by atoms with E-state index >= 15 is 0 Å². The molecule has 0 heterocycles. The Morgan fingerprint density at radius 3 is 2.40 bits per heavy atom. The van der Waals surface area contributed by atoms with E-state index in [1.54, 1.807) is 0 Å². The van der Waals surface area contributed by atoms with Crippen molar-refractivity contribution in [3.63, 3.8) is 0 Å². The van der Waals surface area contributed by atoms with Gasteiger partial charge in [-0.1, -0.05) is 52.9 Å². The van der Waals surface area contributed by atoms with E-state index in [1.165, 1.54) is 57.8 Å². The fraction of sp³-hybridized carbons (Fsp3) is 1.00. The van der Waals surface area contributed by atoms with Crippen LogP contribution in [0.2, 0.25) is 0 Å². The van der Waals surface area contributed by atoms with Crippen LogP contribution in [0, 0.1) is 11.8 Å². The first kappa shape index (κ1) is 18.0. The molecular formula is C18H37NO. The quantitative estimate of drug-likeness (QED) is 0.556. The topological polar surface area (TPSA) is 21.3 Å². The van der Waals surface area contributed by atoms with Gasteiger partial charge < -0.3 is 10.1 Å². The minimum Gasteiger partial charge on any atom is -0.380 e. The van der Waals surface area contributed by atoms with Gasteiger partial charge in [-0.05, 0) is 44.1 Å². The van der Waals surface area contributed by atoms with Crippen LogP contribution in [-0.4, -0.2) is 25.8 Å². The molecule has 0 aliphatic heterocycles. The molecule has 1 aliphatic carbocycles. The van der Waals surface area contributed by atoms with Gasteiger partial charge in [0.1, 0.15) is 0 Å². The molecule has 2 unspecified atom stereocenters. The van der Waals surface area contributed by atoms with Crippen LogP contribution in [0.4, 0.5) is 0 Å². The van der Waals surface area contributed by atoms with Crippen LogP contribution in [0.15, 0.2) is 0 Å². The zero-order chi connectivity index (χ0) is 14.6. The number of hydrogen-bond donors (Lipinski definition) is 1. The third-order valence-corrected chi connectivity index (χ3v) is 4.82. The van der Waals surface area contributed by atoms with Gasteiger partial charge in [0.15, 0.2) is 0 Å². The second-order valence-electron chi connectivity index (χ2n) is 6.56. The van der Waals surface area contributed by atoms with Crippen LogP contribution >= 0.6 is 0 Å². The van der Waals surface area contributed by atoms with Crippen molar-refractivity contribution >= 4 is 0 Å². The van der Waals surface area contributed by atoms with Crippen molar-refractivity contribution in [2.45, 2.75) is 84.6 Å². The van der Waals surface area contributed by atoms with Gasteiger partial charge in [-0.3, -0.25) is 0 Å². The Morgan fingerprint density at radius 2 is 1.80 bits per heavy atom. The predicted molar refractivity (Wildman–Crippen MR) is 88.2 cm³/mol. The van der Waals surface area contributed by atoms with E-state index in [-0.39, 0.29) is 0 Å². The lowest BCUT2D eigenvalue weighted by molar-refractivity contribution is 0.0638. The molecule has 0 amide bonds. The molecule has 2 heteroatoms. The largest absolute Gasteiger partial charge is 0.380 e. The molecule has 1 saturated carbocycles. The molecule has 1 rings (SSSR count). The zero-order valence-corrected chi connectivity index (χ0v) is 14.1. The maximum atomic E-state index is 6.09. The number of ether oxygens (including phenoxy) is 1. The summed E-state index contributed by atoms with van der Waals surface area (Å²) in [7, 11) is 0. The summed E-state index contributed by atoms with van der Waals surface area (Å²) in [6.45, 7) is 9.85. The maximum absolute atomic E-state index is 6.09. The fourth-order valence-electron chi connectivity index (χ4n) is 3.31. The lowest BCUT2D eigenvalue weighted by atomic mass is 9.98. The van der Waals surface area contributed by atoms with Crippen LogP contribution in [0.3, 0.4) is 0 Å². The Hall–Kier alpha value is -0.0800. The van der Waals surface area contributed by atoms with Gasteiger partial charge in [-0.15, -0.1) is 0 Å². The van der Waals surface area contributed by atoms with Gasteiger partial charge in [0.25, 0.3) is 0 Å². The summed E-state index contributed by atoms with van der Waals surface area (Å²) in [5, 5.41) is 3.72. The van der Waals surface area contributed by atoms with Gasteiger partial charge >= 0.3 is 0 Å². The monoisotopic (exact) mass is 283 g/mol. The first-order valence-electron chi connectivity index (χ1n) is 9.12. The first-order valence-corrected chi connectivity index (χ1v) is 9.12. The molecule has 2 nitrogen and oxygen atoms in total. The summed E-state index contributed by atoms with van der Waals surface area (Å²) in [5.74, 6) is 1.63. The average Bonchev–Trinajstić information content (AvgIpc) is 3.00. The lowest BCUT2D eigenvalue weighted by Gasteiger charge is -2.25. The lowest BCUT2D eigenvalue weighted by Crippen LogP contribution is -2.40. The molecule has 1 fully saturated rings. The normalized spacial score (nSPS) is 19.4. The molecule has 0 saturated heterocycles. The first-order chi connectivity index (χ1) is 9.81. The molecule has 120 valence electrons. The van der Waals surface area contributed by atoms with Crippen molar-refractivity contribution in [1.82, 2.24) is 5.32 Å². The molecule has 0 aromatic rings. The summed E-state index contributed by atoms with van der Waals surface area (Å²) in [5.41, 5.74) is 0. The Kier molecular flexibility index (Phi) is 10.4. The maximum Gasteiger partial charge on any atom is 0.0622 e. The molecular weight excluding hydrogens is 246 g/mol. The van der Waals surface area contributed by atoms with Crippen LogP contribution in [0.5, 0.6) is 0 Å². The van der Waals surface area contributed by atoms with Gasteiger partial charge in [-0.2, -0.15) is 0 Å². The highest BCUT2D eigenvalue weighted by atomic mass is 16.5. The highest BCUT2D eigenvalue weighted by molar-refractivity contribution is 4.80. The third kappa shape index (κ3) is 7.08. The SMILES string of the molecule is CCCCC(CC)COCC(NCCC)C1CCCC1. The van der Waals surface area contributed by atoms with Gasteiger partial charge in [0.2, 0.25) is 0 Å². The molecule has 0 spiro atoms. The highest BCUT2D eigenvalue weighted by Crippen LogP contribution is 2.28. The van der Waals surface area contributed by atoms with Crippen LogP contribution in [0.1, 0.15) is 78.6 Å². The third-order valence-electron chi connectivity index (χ3n) is 4.82. The van der Waals surface area contributed by atoms with Crippen molar-refractivity contribution < 1.29 is 4.74 Å². The van der Waals surface area contributed by atoms with Crippen LogP contribution in [-0.2, 0) is 4.74 Å². The van der Waals surface area contributed by atoms with E-state index < -0.39 is 0 Å². The molecule has 0 radical (unpaired) electrons. The summed E-state index contributed by atoms with van der Waals surface area (Å²) < 4.78 is 6.09. The van der Waals surface area contributed by atoms with E-state index in [2.05, 4.69) is 26.1 Å². The summed E-state index contributed by atoms with van der Waals surface area (Å²) in [4.78, 5) is 0. The summed E-state index contributed by atoms with van der Waals surface area (Å²) in [6, 6.07) is 0.598. The Balaban J connectivity index is 2.25. The van der Waals surface area contributed by atoms with E-state index in [1.807, 2.05) is 0 Å².